The van der Waals surface area contributed by atoms with Gasteiger partial charge in [-0.1, -0.05) is 29.4 Å². The average molecular weight is 412 g/mol. The fourth-order valence-corrected chi connectivity index (χ4v) is 4.06. The number of hydrogen-bond acceptors (Lipinski definition) is 6. The highest BCUT2D eigenvalue weighted by Gasteiger charge is 2.35. The van der Waals surface area contributed by atoms with Gasteiger partial charge in [0, 0.05) is 29.6 Å². The molecule has 5 aromatic rings. The molecule has 152 valence electrons. The molecule has 31 heavy (non-hydrogen) atoms. The molecule has 4 heterocycles. The highest BCUT2D eigenvalue weighted by Crippen LogP contribution is 2.37. The van der Waals surface area contributed by atoms with E-state index in [0.29, 0.717) is 24.0 Å². The van der Waals surface area contributed by atoms with Gasteiger partial charge in [-0.3, -0.25) is 4.98 Å². The number of fused-ring (bicyclic) bond motifs is 2. The molecular formula is C23H17FN6O. The summed E-state index contributed by atoms with van der Waals surface area (Å²) in [5, 5.41) is 9.54. The Morgan fingerprint density at radius 3 is 2.77 bits per heavy atom. The predicted molar refractivity (Wildman–Crippen MR) is 113 cm³/mol. The summed E-state index contributed by atoms with van der Waals surface area (Å²) in [6.45, 7) is 0.666. The highest BCUT2D eigenvalue weighted by atomic mass is 19.1. The number of para-hydroxylation sites is 1. The van der Waals surface area contributed by atoms with Crippen LogP contribution in [0.4, 0.5) is 10.4 Å². The van der Waals surface area contributed by atoms with E-state index in [-0.39, 0.29) is 11.9 Å². The van der Waals surface area contributed by atoms with Gasteiger partial charge in [-0.2, -0.15) is 0 Å². The molecule has 1 aliphatic rings. The molecule has 0 radical (unpaired) electrons. The first-order chi connectivity index (χ1) is 15.3. The minimum atomic E-state index is -0.312. The summed E-state index contributed by atoms with van der Waals surface area (Å²) in [4.78, 5) is 14.7. The molecule has 0 amide bonds. The van der Waals surface area contributed by atoms with E-state index in [0.717, 1.165) is 34.4 Å². The Balaban J connectivity index is 1.44. The molecule has 1 aliphatic heterocycles. The lowest BCUT2D eigenvalue weighted by molar-refractivity contribution is 0.505. The quantitative estimate of drug-likeness (QED) is 0.476. The van der Waals surface area contributed by atoms with Gasteiger partial charge in [0.15, 0.2) is 0 Å². The predicted octanol–water partition coefficient (Wildman–Crippen LogP) is 4.30. The first-order valence-electron chi connectivity index (χ1n) is 10.0. The van der Waals surface area contributed by atoms with E-state index in [1.54, 1.807) is 18.5 Å². The Morgan fingerprint density at radius 2 is 1.87 bits per heavy atom. The Labute approximate surface area is 176 Å². The van der Waals surface area contributed by atoms with Crippen molar-refractivity contribution in [3.63, 3.8) is 0 Å². The minimum absolute atomic E-state index is 0.263. The van der Waals surface area contributed by atoms with E-state index in [4.69, 9.17) is 9.40 Å². The van der Waals surface area contributed by atoms with Gasteiger partial charge in [0.2, 0.25) is 5.89 Å². The van der Waals surface area contributed by atoms with Crippen LogP contribution in [0.2, 0.25) is 0 Å². The molecule has 1 atom stereocenters. The lowest BCUT2D eigenvalue weighted by atomic mass is 9.99. The SMILES string of the molecule is Fc1ccc(-c2nnc(N3CCc4[nH]cnc4[C@@H]3c3ccc4ccccc4n3)o2)cc1. The van der Waals surface area contributed by atoms with Crippen LogP contribution in [0.1, 0.15) is 23.1 Å². The third-order valence-electron chi connectivity index (χ3n) is 5.58. The zero-order valence-corrected chi connectivity index (χ0v) is 16.4. The van der Waals surface area contributed by atoms with Gasteiger partial charge in [-0.25, -0.2) is 9.37 Å². The maximum absolute atomic E-state index is 13.3. The summed E-state index contributed by atoms with van der Waals surface area (Å²) in [6.07, 6.45) is 2.48. The zero-order chi connectivity index (χ0) is 20.8. The minimum Gasteiger partial charge on any atom is -0.403 e. The molecule has 3 aromatic heterocycles. The van der Waals surface area contributed by atoms with Gasteiger partial charge in [0.1, 0.15) is 11.9 Å². The molecule has 1 N–H and O–H groups in total. The standard InChI is InChI=1S/C23H17FN6O/c24-16-8-5-15(6-9-16)22-28-29-23(31-22)30-12-11-18-20(26-13-25-18)21(30)19-10-7-14-3-1-2-4-17(14)27-19/h1-10,13,21H,11-12H2,(H,25,26)/t21-/m0/s1. The number of halogens is 1. The number of nitrogens with zero attached hydrogens (tertiary/aromatic N) is 5. The monoisotopic (exact) mass is 412 g/mol. The van der Waals surface area contributed by atoms with Gasteiger partial charge >= 0.3 is 6.01 Å². The second kappa shape index (κ2) is 7.02. The van der Waals surface area contributed by atoms with Crippen LogP contribution >= 0.6 is 0 Å². The number of benzene rings is 2. The topological polar surface area (TPSA) is 83.7 Å². The number of hydrogen-bond donors (Lipinski definition) is 1. The molecule has 0 unspecified atom stereocenters. The first kappa shape index (κ1) is 17.8. The Kier molecular flexibility index (Phi) is 4.02. The molecule has 2 aromatic carbocycles. The van der Waals surface area contributed by atoms with Crippen molar-refractivity contribution in [3.05, 3.63) is 89.9 Å². The molecular weight excluding hydrogens is 395 g/mol. The van der Waals surface area contributed by atoms with E-state index in [9.17, 15) is 4.39 Å². The van der Waals surface area contributed by atoms with E-state index in [1.807, 2.05) is 35.2 Å². The number of nitrogens with one attached hydrogen (secondary N) is 1. The summed E-state index contributed by atoms with van der Waals surface area (Å²) in [6, 6.07) is 18.2. The lowest BCUT2D eigenvalue weighted by Crippen LogP contribution is -2.37. The second-order valence-electron chi connectivity index (χ2n) is 7.44. The fourth-order valence-electron chi connectivity index (χ4n) is 4.06. The fraction of sp³-hybridized carbons (Fsp3) is 0.130. The van der Waals surface area contributed by atoms with Gasteiger partial charge in [0.05, 0.1) is 23.2 Å². The van der Waals surface area contributed by atoms with Gasteiger partial charge < -0.3 is 14.3 Å². The Morgan fingerprint density at radius 1 is 1.00 bits per heavy atom. The van der Waals surface area contributed by atoms with E-state index in [2.05, 4.69) is 26.2 Å². The van der Waals surface area contributed by atoms with Crippen molar-refractivity contribution in [1.29, 1.82) is 0 Å². The summed E-state index contributed by atoms with van der Waals surface area (Å²) in [5.74, 6) is 0.0288. The third kappa shape index (κ3) is 3.04. The number of anilines is 1. The van der Waals surface area contributed by atoms with E-state index >= 15 is 0 Å². The molecule has 8 heteroatoms. The molecule has 0 aliphatic carbocycles. The number of pyridine rings is 1. The molecule has 0 saturated heterocycles. The highest BCUT2D eigenvalue weighted by molar-refractivity contribution is 5.78. The average Bonchev–Trinajstić information content (AvgIpc) is 3.48. The van der Waals surface area contributed by atoms with Gasteiger partial charge in [-0.05, 0) is 36.4 Å². The zero-order valence-electron chi connectivity index (χ0n) is 16.4. The third-order valence-corrected chi connectivity index (χ3v) is 5.58. The molecule has 7 nitrogen and oxygen atoms in total. The van der Waals surface area contributed by atoms with Crippen LogP contribution in [0.25, 0.3) is 22.4 Å². The van der Waals surface area contributed by atoms with Crippen LogP contribution in [0, 0.1) is 5.82 Å². The van der Waals surface area contributed by atoms with E-state index < -0.39 is 0 Å². The van der Waals surface area contributed by atoms with Crippen LogP contribution in [-0.2, 0) is 6.42 Å². The van der Waals surface area contributed by atoms with Crippen LogP contribution in [0.3, 0.4) is 0 Å². The van der Waals surface area contributed by atoms with Crippen molar-refractivity contribution < 1.29 is 8.81 Å². The molecule has 6 rings (SSSR count). The van der Waals surface area contributed by atoms with Crippen molar-refractivity contribution in [2.24, 2.45) is 0 Å². The largest absolute Gasteiger partial charge is 0.403 e. The number of H-pyrrole nitrogens is 1. The smallest absolute Gasteiger partial charge is 0.319 e. The van der Waals surface area contributed by atoms with Crippen molar-refractivity contribution in [3.8, 4) is 11.5 Å². The summed E-state index contributed by atoms with van der Waals surface area (Å²) in [7, 11) is 0. The first-order valence-corrected chi connectivity index (χ1v) is 10.0. The van der Waals surface area contributed by atoms with E-state index in [1.165, 1.54) is 12.1 Å². The van der Waals surface area contributed by atoms with Crippen LogP contribution in [0.5, 0.6) is 0 Å². The molecule has 0 bridgehead atoms. The Hall–Kier alpha value is -4.07. The number of imidazole rings is 1. The molecule has 0 saturated carbocycles. The van der Waals surface area contributed by atoms with Crippen molar-refractivity contribution in [2.45, 2.75) is 12.5 Å². The maximum atomic E-state index is 13.3. The normalized spacial score (nSPS) is 15.9. The summed E-state index contributed by atoms with van der Waals surface area (Å²) in [5.41, 5.74) is 4.41. The van der Waals surface area contributed by atoms with Crippen molar-refractivity contribution in [1.82, 2.24) is 25.1 Å². The summed E-state index contributed by atoms with van der Waals surface area (Å²) >= 11 is 0. The van der Waals surface area contributed by atoms with Crippen LogP contribution < -0.4 is 4.90 Å². The maximum Gasteiger partial charge on any atom is 0.319 e. The molecule has 0 spiro atoms. The number of aromatic nitrogens is 5. The summed E-state index contributed by atoms with van der Waals surface area (Å²) < 4.78 is 19.3. The lowest BCUT2D eigenvalue weighted by Gasteiger charge is -2.33. The number of aromatic amines is 1. The van der Waals surface area contributed by atoms with Crippen LogP contribution in [-0.4, -0.2) is 31.7 Å². The molecule has 0 fully saturated rings. The Bertz CT molecular complexity index is 1380. The van der Waals surface area contributed by atoms with Gasteiger partial charge in [-0.15, -0.1) is 5.10 Å². The number of rotatable bonds is 3. The van der Waals surface area contributed by atoms with Crippen molar-refractivity contribution >= 4 is 16.9 Å². The van der Waals surface area contributed by atoms with Gasteiger partial charge in [0.25, 0.3) is 0 Å². The second-order valence-corrected chi connectivity index (χ2v) is 7.44. The van der Waals surface area contributed by atoms with Crippen LogP contribution in [0.15, 0.2) is 71.4 Å². The van der Waals surface area contributed by atoms with Crippen molar-refractivity contribution in [2.75, 3.05) is 11.4 Å².